The van der Waals surface area contributed by atoms with Gasteiger partial charge in [0.1, 0.15) is 12.6 Å². The first-order valence-corrected chi connectivity index (χ1v) is 16.1. The molecule has 0 fully saturated rings. The van der Waals surface area contributed by atoms with Crippen molar-refractivity contribution in [3.8, 4) is 0 Å². The van der Waals surface area contributed by atoms with Crippen molar-refractivity contribution in [1.82, 2.24) is 10.2 Å². The van der Waals surface area contributed by atoms with E-state index in [4.69, 9.17) is 23.2 Å². The summed E-state index contributed by atoms with van der Waals surface area (Å²) in [5, 5.41) is 3.57. The summed E-state index contributed by atoms with van der Waals surface area (Å²) in [7, 11) is -3.98. The number of anilines is 1. The summed E-state index contributed by atoms with van der Waals surface area (Å²) in [4.78, 5) is 41.3. The van der Waals surface area contributed by atoms with Gasteiger partial charge in [-0.2, -0.15) is 0 Å². The van der Waals surface area contributed by atoms with Gasteiger partial charge >= 0.3 is 0 Å². The molecule has 0 saturated carbocycles. The first kappa shape index (κ1) is 33.1. The highest BCUT2D eigenvalue weighted by molar-refractivity contribution is 7.92. The zero-order valence-corrected chi connectivity index (χ0v) is 26.3. The third kappa shape index (κ3) is 8.80. The molecule has 3 rings (SSSR count). The number of rotatable bonds is 13. The number of sulfonamides is 1. The first-order valence-electron chi connectivity index (χ1n) is 13.5. The topological polar surface area (TPSA) is 104 Å². The number of amides is 2. The van der Waals surface area contributed by atoms with E-state index in [1.54, 1.807) is 30.3 Å². The van der Waals surface area contributed by atoms with Gasteiger partial charge in [-0.3, -0.25) is 18.7 Å². The quantitative estimate of drug-likeness (QED) is 0.250. The lowest BCUT2D eigenvalue weighted by Gasteiger charge is -2.34. The van der Waals surface area contributed by atoms with Crippen molar-refractivity contribution >= 4 is 56.5 Å². The van der Waals surface area contributed by atoms with Crippen molar-refractivity contribution in [3.63, 3.8) is 0 Å². The van der Waals surface area contributed by atoms with E-state index in [9.17, 15) is 22.8 Å². The second-order valence-electron chi connectivity index (χ2n) is 10.1. The molecule has 0 bridgehead atoms. The molecule has 0 heterocycles. The van der Waals surface area contributed by atoms with Gasteiger partial charge in [0.15, 0.2) is 5.78 Å². The third-order valence-corrected chi connectivity index (χ3v) is 8.73. The Labute approximate surface area is 257 Å². The fourth-order valence-corrected chi connectivity index (χ4v) is 5.70. The second kappa shape index (κ2) is 14.7. The molecule has 42 heavy (non-hydrogen) atoms. The summed E-state index contributed by atoms with van der Waals surface area (Å²) in [6, 6.07) is 19.0. The van der Waals surface area contributed by atoms with Crippen LogP contribution in [0.15, 0.2) is 72.8 Å². The van der Waals surface area contributed by atoms with Crippen molar-refractivity contribution in [2.75, 3.05) is 17.1 Å². The van der Waals surface area contributed by atoms with Crippen LogP contribution >= 0.6 is 23.2 Å². The van der Waals surface area contributed by atoms with E-state index in [1.807, 2.05) is 44.2 Å². The number of nitrogens with one attached hydrogen (secondary N) is 1. The highest BCUT2D eigenvalue weighted by atomic mass is 35.5. The van der Waals surface area contributed by atoms with E-state index in [-0.39, 0.29) is 30.5 Å². The number of ketones is 1. The van der Waals surface area contributed by atoms with E-state index in [0.29, 0.717) is 27.6 Å². The van der Waals surface area contributed by atoms with Crippen LogP contribution in [0, 0.1) is 0 Å². The Morgan fingerprint density at radius 2 is 1.55 bits per heavy atom. The smallest absolute Gasteiger partial charge is 0.244 e. The highest BCUT2D eigenvalue weighted by Gasteiger charge is 2.34. The first-order chi connectivity index (χ1) is 19.8. The molecule has 1 N–H and O–H groups in total. The Balaban J connectivity index is 2.12. The van der Waals surface area contributed by atoms with Gasteiger partial charge in [0.2, 0.25) is 21.8 Å². The van der Waals surface area contributed by atoms with Crippen LogP contribution < -0.4 is 9.62 Å². The predicted octanol–water partition coefficient (Wildman–Crippen LogP) is 5.52. The molecule has 8 nitrogen and oxygen atoms in total. The van der Waals surface area contributed by atoms with E-state index < -0.39 is 34.4 Å². The summed E-state index contributed by atoms with van der Waals surface area (Å²) in [6.45, 7) is 4.40. The molecule has 3 aromatic rings. The lowest BCUT2D eigenvalue weighted by molar-refractivity contribution is -0.140. The van der Waals surface area contributed by atoms with Gasteiger partial charge in [0, 0.05) is 40.2 Å². The number of Topliss-reactive ketones (excluding diaryl/α,β-unsaturated/α-hetero) is 1. The summed E-state index contributed by atoms with van der Waals surface area (Å²) in [5.41, 5.74) is 1.67. The fourth-order valence-electron chi connectivity index (χ4n) is 4.34. The molecule has 0 aliphatic heterocycles. The minimum atomic E-state index is -3.98. The second-order valence-corrected chi connectivity index (χ2v) is 12.8. The van der Waals surface area contributed by atoms with Gasteiger partial charge in [-0.25, -0.2) is 8.42 Å². The highest BCUT2D eigenvalue weighted by Crippen LogP contribution is 2.28. The molecule has 0 aromatic heterocycles. The maximum Gasteiger partial charge on any atom is 0.244 e. The number of nitrogens with zero attached hydrogens (tertiary/aromatic N) is 2. The standard InChI is InChI=1S/C31H35Cl2N3O5S/c1-5-21(2)34-31(39)29(17-23-11-7-6-8-12-23)35(19-26-27(32)15-10-16-28(26)33)30(38)20-36(42(4,40)41)25-14-9-13-24(18-25)22(3)37/h6-16,18,21,29H,5,17,19-20H2,1-4H3,(H,34,39)/t21-,29-/m1/s1. The van der Waals surface area contributed by atoms with Crippen molar-refractivity contribution in [2.45, 2.75) is 52.2 Å². The molecule has 0 saturated heterocycles. The molecule has 0 spiro atoms. The zero-order valence-electron chi connectivity index (χ0n) is 24.0. The van der Waals surface area contributed by atoms with Gasteiger partial charge in [0.25, 0.3) is 0 Å². The van der Waals surface area contributed by atoms with Crippen molar-refractivity contribution in [1.29, 1.82) is 0 Å². The Hall–Kier alpha value is -3.40. The van der Waals surface area contributed by atoms with Crippen LogP contribution in [0.25, 0.3) is 0 Å². The average molecular weight is 633 g/mol. The maximum absolute atomic E-state index is 14.2. The lowest BCUT2D eigenvalue weighted by atomic mass is 10.0. The van der Waals surface area contributed by atoms with Gasteiger partial charge in [-0.15, -0.1) is 0 Å². The number of carbonyl (C=O) groups is 3. The van der Waals surface area contributed by atoms with Gasteiger partial charge in [0.05, 0.1) is 11.9 Å². The van der Waals surface area contributed by atoms with Crippen LogP contribution in [0.2, 0.25) is 10.0 Å². The lowest BCUT2D eigenvalue weighted by Crippen LogP contribution is -2.54. The van der Waals surface area contributed by atoms with Crippen molar-refractivity contribution in [2.24, 2.45) is 0 Å². The molecule has 2 atom stereocenters. The predicted molar refractivity (Wildman–Crippen MR) is 167 cm³/mol. The molecule has 2 amide bonds. The van der Waals surface area contributed by atoms with E-state index in [2.05, 4.69) is 5.32 Å². The van der Waals surface area contributed by atoms with E-state index >= 15 is 0 Å². The van der Waals surface area contributed by atoms with E-state index in [1.165, 1.54) is 24.0 Å². The largest absolute Gasteiger partial charge is 0.352 e. The summed E-state index contributed by atoms with van der Waals surface area (Å²) < 4.78 is 26.9. The molecule has 0 radical (unpaired) electrons. The molecule has 3 aromatic carbocycles. The average Bonchev–Trinajstić information content (AvgIpc) is 2.94. The zero-order chi connectivity index (χ0) is 31.0. The molecule has 0 aliphatic rings. The van der Waals surface area contributed by atoms with Crippen LogP contribution in [0.3, 0.4) is 0 Å². The molecular weight excluding hydrogens is 597 g/mol. The summed E-state index contributed by atoms with van der Waals surface area (Å²) in [5.74, 6) is -1.30. The van der Waals surface area contributed by atoms with Crippen molar-refractivity contribution < 1.29 is 22.8 Å². The minimum absolute atomic E-state index is 0.145. The van der Waals surface area contributed by atoms with Crippen LogP contribution in [0.5, 0.6) is 0 Å². The number of carbonyl (C=O) groups excluding carboxylic acids is 3. The van der Waals surface area contributed by atoms with Crippen LogP contribution in [-0.2, 0) is 32.6 Å². The fraction of sp³-hybridized carbons (Fsp3) is 0.323. The van der Waals surface area contributed by atoms with Gasteiger partial charge in [-0.05, 0) is 50.1 Å². The Bertz CT molecular complexity index is 1510. The van der Waals surface area contributed by atoms with Gasteiger partial charge < -0.3 is 10.2 Å². The number of hydrogen-bond acceptors (Lipinski definition) is 5. The van der Waals surface area contributed by atoms with Crippen LogP contribution in [0.4, 0.5) is 5.69 Å². The normalized spacial score (nSPS) is 12.7. The number of halogens is 2. The number of hydrogen-bond donors (Lipinski definition) is 1. The Kier molecular flexibility index (Phi) is 11.6. The number of benzene rings is 3. The maximum atomic E-state index is 14.2. The van der Waals surface area contributed by atoms with Crippen molar-refractivity contribution in [3.05, 3.63) is 99.5 Å². The third-order valence-electron chi connectivity index (χ3n) is 6.88. The SMILES string of the molecule is CC[C@@H](C)NC(=O)[C@@H](Cc1ccccc1)N(Cc1c(Cl)cccc1Cl)C(=O)CN(c1cccc(C(C)=O)c1)S(C)(=O)=O. The monoisotopic (exact) mass is 631 g/mol. The minimum Gasteiger partial charge on any atom is -0.352 e. The molecular formula is C31H35Cl2N3O5S. The van der Waals surface area contributed by atoms with E-state index in [0.717, 1.165) is 16.1 Å². The summed E-state index contributed by atoms with van der Waals surface area (Å²) >= 11 is 13.0. The molecule has 0 unspecified atom stereocenters. The summed E-state index contributed by atoms with van der Waals surface area (Å²) in [6.07, 6.45) is 1.81. The van der Waals surface area contributed by atoms with Gasteiger partial charge in [-0.1, -0.05) is 78.7 Å². The Morgan fingerprint density at radius 1 is 0.929 bits per heavy atom. The Morgan fingerprint density at radius 3 is 2.12 bits per heavy atom. The molecule has 224 valence electrons. The molecule has 0 aliphatic carbocycles. The molecule has 11 heteroatoms. The van der Waals surface area contributed by atoms with Crippen LogP contribution in [0.1, 0.15) is 48.7 Å². The van der Waals surface area contributed by atoms with Crippen LogP contribution in [-0.4, -0.2) is 55.8 Å².